The highest BCUT2D eigenvalue weighted by Gasteiger charge is 2.09. The molecule has 104 valence electrons. The first-order valence-corrected chi connectivity index (χ1v) is 7.61. The number of hydrogen-bond donors (Lipinski definition) is 1. The first-order valence-electron chi connectivity index (χ1n) is 5.83. The molecule has 0 saturated carbocycles. The molecule has 0 aromatic heterocycles. The number of carbonyl (C=O) groups is 2. The second-order valence-electron chi connectivity index (χ2n) is 4.06. The lowest BCUT2D eigenvalue weighted by atomic mass is 10.3. The fourth-order valence-electron chi connectivity index (χ4n) is 1.40. The number of aliphatic carboxylic acids is 1. The van der Waals surface area contributed by atoms with Crippen molar-refractivity contribution in [3.05, 3.63) is 28.7 Å². The summed E-state index contributed by atoms with van der Waals surface area (Å²) in [6, 6.07) is 7.77. The van der Waals surface area contributed by atoms with Gasteiger partial charge in [0, 0.05) is 29.4 Å². The molecule has 0 saturated heterocycles. The molecule has 0 atom stereocenters. The fourth-order valence-corrected chi connectivity index (χ4v) is 2.85. The van der Waals surface area contributed by atoms with Crippen molar-refractivity contribution in [3.63, 3.8) is 0 Å². The van der Waals surface area contributed by atoms with E-state index in [-0.39, 0.29) is 12.3 Å². The van der Waals surface area contributed by atoms with Gasteiger partial charge in [-0.2, -0.15) is 0 Å². The first-order chi connectivity index (χ1) is 8.99. The molecule has 0 aliphatic carbocycles. The van der Waals surface area contributed by atoms with E-state index in [0.717, 1.165) is 9.37 Å². The number of hydrogen-bond acceptors (Lipinski definition) is 3. The molecule has 1 N–H and O–H groups in total. The lowest BCUT2D eigenvalue weighted by molar-refractivity contribution is -0.137. The smallest absolute Gasteiger partial charge is 0.303 e. The average molecular weight is 346 g/mol. The number of carboxylic acids is 1. The zero-order valence-electron chi connectivity index (χ0n) is 10.6. The molecule has 0 heterocycles. The molecule has 0 aliphatic heterocycles. The zero-order valence-corrected chi connectivity index (χ0v) is 13.0. The largest absolute Gasteiger partial charge is 0.481 e. The number of carbonyl (C=O) groups excluding carboxylic acids is 1. The van der Waals surface area contributed by atoms with Gasteiger partial charge in [-0.05, 0) is 24.6 Å². The van der Waals surface area contributed by atoms with Crippen LogP contribution in [-0.2, 0) is 9.59 Å². The van der Waals surface area contributed by atoms with E-state index in [2.05, 4.69) is 15.9 Å². The minimum absolute atomic E-state index is 0.00960. The van der Waals surface area contributed by atoms with Crippen molar-refractivity contribution in [2.75, 3.05) is 19.3 Å². The Kier molecular flexibility index (Phi) is 6.94. The Bertz CT molecular complexity index is 453. The Morgan fingerprint density at radius 2 is 2.16 bits per heavy atom. The summed E-state index contributed by atoms with van der Waals surface area (Å²) in [6.45, 7) is 0.476. The maximum absolute atomic E-state index is 11.8. The van der Waals surface area contributed by atoms with E-state index in [9.17, 15) is 9.59 Å². The standard InChI is InChI=1S/C13H16BrNO3S/c1-15(7-3-6-13(17)18)12(16)9-19-11-5-2-4-10(14)8-11/h2,4-5,8H,3,6-7,9H2,1H3,(H,17,18). The van der Waals surface area contributed by atoms with Crippen LogP contribution in [0.2, 0.25) is 0 Å². The van der Waals surface area contributed by atoms with Crippen LogP contribution in [-0.4, -0.2) is 41.2 Å². The summed E-state index contributed by atoms with van der Waals surface area (Å²) < 4.78 is 0.986. The van der Waals surface area contributed by atoms with Gasteiger partial charge in [0.1, 0.15) is 0 Å². The molecule has 6 heteroatoms. The molecule has 0 fully saturated rings. The van der Waals surface area contributed by atoms with E-state index in [1.54, 1.807) is 11.9 Å². The summed E-state index contributed by atoms with van der Waals surface area (Å²) in [5.41, 5.74) is 0. The van der Waals surface area contributed by atoms with Gasteiger partial charge in [-0.3, -0.25) is 9.59 Å². The second kappa shape index (κ2) is 8.22. The number of halogens is 1. The second-order valence-corrected chi connectivity index (χ2v) is 6.02. The molecule has 19 heavy (non-hydrogen) atoms. The molecule has 0 bridgehead atoms. The van der Waals surface area contributed by atoms with E-state index in [4.69, 9.17) is 5.11 Å². The highest BCUT2D eigenvalue weighted by molar-refractivity contribution is 9.10. The summed E-state index contributed by atoms with van der Waals surface area (Å²) >= 11 is 4.85. The predicted molar refractivity (Wildman–Crippen MR) is 79.4 cm³/mol. The molecule has 1 rings (SSSR count). The zero-order chi connectivity index (χ0) is 14.3. The van der Waals surface area contributed by atoms with Crippen LogP contribution in [0.4, 0.5) is 0 Å². The Hall–Kier alpha value is -1.01. The van der Waals surface area contributed by atoms with Gasteiger partial charge in [0.2, 0.25) is 5.91 Å². The third kappa shape index (κ3) is 6.63. The van der Waals surface area contributed by atoms with Crippen molar-refractivity contribution in [1.29, 1.82) is 0 Å². The molecule has 0 radical (unpaired) electrons. The Labute approximate surface area is 125 Å². The van der Waals surface area contributed by atoms with Crippen LogP contribution < -0.4 is 0 Å². The molecule has 0 spiro atoms. The van der Waals surface area contributed by atoms with Gasteiger partial charge >= 0.3 is 5.97 Å². The summed E-state index contributed by atoms with van der Waals surface area (Å²) in [4.78, 5) is 24.8. The minimum Gasteiger partial charge on any atom is -0.481 e. The van der Waals surface area contributed by atoms with Crippen LogP contribution in [0.5, 0.6) is 0 Å². The average Bonchev–Trinajstić information content (AvgIpc) is 2.35. The predicted octanol–water partition coefficient (Wildman–Crippen LogP) is 2.86. The van der Waals surface area contributed by atoms with Crippen LogP contribution in [0.1, 0.15) is 12.8 Å². The number of rotatable bonds is 7. The minimum atomic E-state index is -0.829. The van der Waals surface area contributed by atoms with E-state index >= 15 is 0 Å². The number of thioether (sulfide) groups is 1. The fraction of sp³-hybridized carbons (Fsp3) is 0.385. The van der Waals surface area contributed by atoms with Crippen LogP contribution in [0.25, 0.3) is 0 Å². The van der Waals surface area contributed by atoms with Gasteiger partial charge < -0.3 is 10.0 Å². The summed E-state index contributed by atoms with van der Waals surface area (Å²) in [7, 11) is 1.70. The van der Waals surface area contributed by atoms with Crippen molar-refractivity contribution >= 4 is 39.6 Å². The van der Waals surface area contributed by atoms with E-state index < -0.39 is 5.97 Å². The molecular weight excluding hydrogens is 330 g/mol. The molecule has 1 aromatic carbocycles. The van der Waals surface area contributed by atoms with Crippen LogP contribution in [0.3, 0.4) is 0 Å². The summed E-state index contributed by atoms with van der Waals surface area (Å²) in [6.07, 6.45) is 0.579. The van der Waals surface area contributed by atoms with Crippen molar-refractivity contribution in [2.45, 2.75) is 17.7 Å². The van der Waals surface area contributed by atoms with Crippen molar-refractivity contribution < 1.29 is 14.7 Å². The lowest BCUT2D eigenvalue weighted by Gasteiger charge is -2.16. The van der Waals surface area contributed by atoms with Gasteiger partial charge in [-0.25, -0.2) is 0 Å². The molecule has 0 aliphatic rings. The first kappa shape index (κ1) is 16.0. The van der Waals surface area contributed by atoms with Gasteiger partial charge in [0.05, 0.1) is 5.75 Å². The topological polar surface area (TPSA) is 57.6 Å². The van der Waals surface area contributed by atoms with E-state index in [1.165, 1.54) is 11.8 Å². The summed E-state index contributed by atoms with van der Waals surface area (Å²) in [5.74, 6) is -0.459. The maximum atomic E-state index is 11.8. The van der Waals surface area contributed by atoms with Crippen LogP contribution in [0, 0.1) is 0 Å². The number of nitrogens with zero attached hydrogens (tertiary/aromatic N) is 1. The molecule has 1 amide bonds. The maximum Gasteiger partial charge on any atom is 0.303 e. The normalized spacial score (nSPS) is 10.2. The quantitative estimate of drug-likeness (QED) is 0.772. The highest BCUT2D eigenvalue weighted by atomic mass is 79.9. The Morgan fingerprint density at radius 3 is 2.79 bits per heavy atom. The number of benzene rings is 1. The van der Waals surface area contributed by atoms with Crippen LogP contribution >= 0.6 is 27.7 Å². The molecule has 1 aromatic rings. The molecule has 0 unspecified atom stereocenters. The van der Waals surface area contributed by atoms with Gasteiger partial charge in [0.25, 0.3) is 0 Å². The lowest BCUT2D eigenvalue weighted by Crippen LogP contribution is -2.29. The molecule has 4 nitrogen and oxygen atoms in total. The highest BCUT2D eigenvalue weighted by Crippen LogP contribution is 2.22. The van der Waals surface area contributed by atoms with Gasteiger partial charge in [-0.15, -0.1) is 11.8 Å². The van der Waals surface area contributed by atoms with E-state index in [1.807, 2.05) is 24.3 Å². The van der Waals surface area contributed by atoms with Crippen molar-refractivity contribution in [1.82, 2.24) is 4.90 Å². The Balaban J connectivity index is 2.32. The van der Waals surface area contributed by atoms with Gasteiger partial charge in [-0.1, -0.05) is 22.0 Å². The summed E-state index contributed by atoms with van der Waals surface area (Å²) in [5, 5.41) is 8.53. The van der Waals surface area contributed by atoms with Crippen molar-refractivity contribution in [3.8, 4) is 0 Å². The van der Waals surface area contributed by atoms with E-state index in [0.29, 0.717) is 18.7 Å². The SMILES string of the molecule is CN(CCCC(=O)O)C(=O)CSc1cccc(Br)c1. The third-order valence-electron chi connectivity index (χ3n) is 2.47. The van der Waals surface area contributed by atoms with Gasteiger partial charge in [0.15, 0.2) is 0 Å². The Morgan fingerprint density at radius 1 is 1.42 bits per heavy atom. The number of carboxylic acid groups (broad SMARTS) is 1. The molecular formula is C13H16BrNO3S. The van der Waals surface area contributed by atoms with Crippen molar-refractivity contribution in [2.24, 2.45) is 0 Å². The third-order valence-corrected chi connectivity index (χ3v) is 3.94. The van der Waals surface area contributed by atoms with Crippen LogP contribution in [0.15, 0.2) is 33.6 Å². The monoisotopic (exact) mass is 345 g/mol. The number of amides is 1.